The first-order chi connectivity index (χ1) is 8.20. The van der Waals surface area contributed by atoms with E-state index in [0.29, 0.717) is 32.8 Å². The van der Waals surface area contributed by atoms with Crippen molar-refractivity contribution >= 4 is 12.0 Å². The van der Waals surface area contributed by atoms with E-state index in [1.165, 1.54) is 0 Å². The van der Waals surface area contributed by atoms with Crippen LogP contribution < -0.4 is 5.32 Å². The second-order valence-corrected chi connectivity index (χ2v) is 3.63. The number of carbonyl (C=O) groups is 2. The predicted molar refractivity (Wildman–Crippen MR) is 58.9 cm³/mol. The minimum atomic E-state index is -1.01. The van der Waals surface area contributed by atoms with Crippen molar-refractivity contribution in [1.82, 2.24) is 10.2 Å². The lowest BCUT2D eigenvalue weighted by Gasteiger charge is -2.19. The summed E-state index contributed by atoms with van der Waals surface area (Å²) >= 11 is 0. The molecule has 98 valence electrons. The molecule has 0 unspecified atom stereocenters. The highest BCUT2D eigenvalue weighted by molar-refractivity contribution is 5.74. The molecular formula is C10H18N2O5. The molecule has 1 saturated heterocycles. The molecule has 2 N–H and O–H groups in total. The number of nitrogens with one attached hydrogen (secondary N) is 1. The van der Waals surface area contributed by atoms with Gasteiger partial charge in [-0.1, -0.05) is 0 Å². The van der Waals surface area contributed by atoms with Gasteiger partial charge in [-0.3, -0.25) is 0 Å². The molecule has 0 aromatic carbocycles. The third-order valence-corrected chi connectivity index (χ3v) is 2.26. The monoisotopic (exact) mass is 246 g/mol. The van der Waals surface area contributed by atoms with Crippen LogP contribution in [-0.4, -0.2) is 68.1 Å². The predicted octanol–water partition coefficient (Wildman–Crippen LogP) is -0.480. The van der Waals surface area contributed by atoms with Crippen LogP contribution in [-0.2, 0) is 14.3 Å². The molecule has 1 aliphatic heterocycles. The summed E-state index contributed by atoms with van der Waals surface area (Å²) in [7, 11) is 0. The first kappa shape index (κ1) is 13.7. The molecule has 0 aromatic heterocycles. The van der Waals surface area contributed by atoms with E-state index in [9.17, 15) is 9.59 Å². The van der Waals surface area contributed by atoms with Crippen LogP contribution in [0.3, 0.4) is 0 Å². The quantitative estimate of drug-likeness (QED) is 0.640. The van der Waals surface area contributed by atoms with Gasteiger partial charge in [0.05, 0.1) is 13.2 Å². The number of nitrogens with zero attached hydrogens (tertiary/aromatic N) is 1. The number of hydrogen-bond acceptors (Lipinski definition) is 4. The fraction of sp³-hybridized carbons (Fsp3) is 0.800. The fourth-order valence-corrected chi connectivity index (χ4v) is 1.45. The number of rotatable bonds is 5. The van der Waals surface area contributed by atoms with Crippen LogP contribution in [0.5, 0.6) is 0 Å². The summed E-state index contributed by atoms with van der Waals surface area (Å²) in [5, 5.41) is 11.0. The number of ether oxygens (including phenoxy) is 2. The van der Waals surface area contributed by atoms with E-state index in [1.807, 2.05) is 0 Å². The van der Waals surface area contributed by atoms with E-state index >= 15 is 0 Å². The van der Waals surface area contributed by atoms with E-state index in [-0.39, 0.29) is 19.2 Å². The van der Waals surface area contributed by atoms with Crippen LogP contribution in [0, 0.1) is 0 Å². The van der Waals surface area contributed by atoms with Gasteiger partial charge in [0.15, 0.2) is 0 Å². The molecule has 0 spiro atoms. The first-order valence-electron chi connectivity index (χ1n) is 5.60. The number of carboxylic acid groups (broad SMARTS) is 1. The first-order valence-corrected chi connectivity index (χ1v) is 5.60. The van der Waals surface area contributed by atoms with Gasteiger partial charge in [-0.25, -0.2) is 9.59 Å². The van der Waals surface area contributed by atoms with E-state index in [4.69, 9.17) is 14.6 Å². The van der Waals surface area contributed by atoms with Gasteiger partial charge < -0.3 is 24.8 Å². The normalized spacial score (nSPS) is 16.4. The number of aliphatic carboxylic acids is 1. The third kappa shape index (κ3) is 6.08. The minimum Gasteiger partial charge on any atom is -0.480 e. The summed E-state index contributed by atoms with van der Waals surface area (Å²) in [6.07, 6.45) is 0.836. The molecule has 1 rings (SSSR count). The summed E-state index contributed by atoms with van der Waals surface area (Å²) in [6.45, 7) is 2.68. The van der Waals surface area contributed by atoms with Crippen molar-refractivity contribution in [3.05, 3.63) is 0 Å². The smallest absolute Gasteiger partial charge is 0.329 e. The lowest BCUT2D eigenvalue weighted by molar-refractivity contribution is -0.142. The van der Waals surface area contributed by atoms with Crippen LogP contribution in [0.15, 0.2) is 0 Å². The number of amides is 2. The van der Waals surface area contributed by atoms with Crippen LogP contribution in [0.2, 0.25) is 0 Å². The van der Waals surface area contributed by atoms with Crippen molar-refractivity contribution in [2.75, 3.05) is 46.1 Å². The number of urea groups is 1. The molecule has 17 heavy (non-hydrogen) atoms. The number of carboxylic acids is 1. The number of hydrogen-bond donors (Lipinski definition) is 2. The largest absolute Gasteiger partial charge is 0.480 e. The van der Waals surface area contributed by atoms with Gasteiger partial charge in [-0.05, 0) is 6.42 Å². The summed E-state index contributed by atoms with van der Waals surface area (Å²) < 4.78 is 10.0. The Hall–Kier alpha value is -1.34. The van der Waals surface area contributed by atoms with Gasteiger partial charge in [0.1, 0.15) is 6.61 Å². The van der Waals surface area contributed by atoms with E-state index in [2.05, 4.69) is 5.32 Å². The topological polar surface area (TPSA) is 88.1 Å². The highest BCUT2D eigenvalue weighted by Crippen LogP contribution is 1.98. The molecule has 7 nitrogen and oxygen atoms in total. The Bertz CT molecular complexity index is 251. The maximum atomic E-state index is 11.6. The Kier molecular flexibility index (Phi) is 6.34. The van der Waals surface area contributed by atoms with Crippen molar-refractivity contribution < 1.29 is 24.2 Å². The zero-order valence-electron chi connectivity index (χ0n) is 9.68. The SMILES string of the molecule is O=C(O)COCCNC(=O)N1CCCOCC1. The highest BCUT2D eigenvalue weighted by Gasteiger charge is 2.14. The summed E-state index contributed by atoms with van der Waals surface area (Å²) in [4.78, 5) is 23.5. The fourth-order valence-electron chi connectivity index (χ4n) is 1.45. The molecule has 1 heterocycles. The third-order valence-electron chi connectivity index (χ3n) is 2.26. The molecular weight excluding hydrogens is 228 g/mol. The molecule has 0 bridgehead atoms. The van der Waals surface area contributed by atoms with E-state index < -0.39 is 5.97 Å². The molecule has 0 radical (unpaired) electrons. The van der Waals surface area contributed by atoms with Crippen LogP contribution in [0.4, 0.5) is 4.79 Å². The highest BCUT2D eigenvalue weighted by atomic mass is 16.5. The Morgan fingerprint density at radius 1 is 1.35 bits per heavy atom. The molecule has 1 aliphatic rings. The zero-order chi connectivity index (χ0) is 12.5. The van der Waals surface area contributed by atoms with Gasteiger partial charge in [0, 0.05) is 26.2 Å². The summed E-state index contributed by atoms with van der Waals surface area (Å²) in [5.41, 5.74) is 0. The van der Waals surface area contributed by atoms with Crippen molar-refractivity contribution in [3.8, 4) is 0 Å². The van der Waals surface area contributed by atoms with Crippen molar-refractivity contribution in [3.63, 3.8) is 0 Å². The number of carbonyl (C=O) groups excluding carboxylic acids is 1. The van der Waals surface area contributed by atoms with Crippen molar-refractivity contribution in [2.45, 2.75) is 6.42 Å². The minimum absolute atomic E-state index is 0.158. The average molecular weight is 246 g/mol. The Labute approximate surface area is 99.7 Å². The molecule has 0 atom stereocenters. The van der Waals surface area contributed by atoms with Crippen LogP contribution >= 0.6 is 0 Å². The van der Waals surface area contributed by atoms with Gasteiger partial charge in [0.25, 0.3) is 0 Å². The van der Waals surface area contributed by atoms with Gasteiger partial charge in [-0.15, -0.1) is 0 Å². The Balaban J connectivity index is 2.09. The van der Waals surface area contributed by atoms with Gasteiger partial charge in [0.2, 0.25) is 0 Å². The standard InChI is InChI=1S/C10H18N2O5/c13-9(14)8-17-6-2-11-10(15)12-3-1-5-16-7-4-12/h1-8H2,(H,11,15)(H,13,14). The second-order valence-electron chi connectivity index (χ2n) is 3.63. The van der Waals surface area contributed by atoms with Crippen molar-refractivity contribution in [1.29, 1.82) is 0 Å². The molecule has 2 amide bonds. The van der Waals surface area contributed by atoms with E-state index in [0.717, 1.165) is 6.42 Å². The molecule has 7 heteroatoms. The summed E-state index contributed by atoms with van der Waals surface area (Å²) in [6, 6.07) is -0.158. The van der Waals surface area contributed by atoms with Crippen LogP contribution in [0.1, 0.15) is 6.42 Å². The summed E-state index contributed by atoms with van der Waals surface area (Å²) in [5.74, 6) is -1.01. The second kappa shape index (κ2) is 7.86. The lowest BCUT2D eigenvalue weighted by atomic mass is 10.4. The molecule has 0 aliphatic carbocycles. The van der Waals surface area contributed by atoms with Crippen molar-refractivity contribution in [2.24, 2.45) is 0 Å². The van der Waals surface area contributed by atoms with Gasteiger partial charge in [-0.2, -0.15) is 0 Å². The van der Waals surface area contributed by atoms with E-state index in [1.54, 1.807) is 4.90 Å². The average Bonchev–Trinajstić information content (AvgIpc) is 2.56. The van der Waals surface area contributed by atoms with Gasteiger partial charge >= 0.3 is 12.0 Å². The Morgan fingerprint density at radius 2 is 2.18 bits per heavy atom. The maximum absolute atomic E-state index is 11.6. The van der Waals surface area contributed by atoms with Crippen LogP contribution in [0.25, 0.3) is 0 Å². The molecule has 1 fully saturated rings. The molecule has 0 saturated carbocycles. The maximum Gasteiger partial charge on any atom is 0.329 e. The Morgan fingerprint density at radius 3 is 2.94 bits per heavy atom. The molecule has 0 aromatic rings. The lowest BCUT2D eigenvalue weighted by Crippen LogP contribution is -2.42. The zero-order valence-corrected chi connectivity index (χ0v) is 9.68.